The molecule has 0 saturated carbocycles. The molecule has 3 nitrogen and oxygen atoms in total. The van der Waals surface area contributed by atoms with E-state index >= 15 is 0 Å². The number of nitriles is 1. The number of anilines is 1. The Kier molecular flexibility index (Phi) is 6.01. The SMILES string of the molecule is CCCN(CC1CCCCN1)c1ccc(C#N)c(Br)c1F. The van der Waals surface area contributed by atoms with Crippen molar-refractivity contribution in [2.75, 3.05) is 24.5 Å². The van der Waals surface area contributed by atoms with E-state index in [-0.39, 0.29) is 10.3 Å². The van der Waals surface area contributed by atoms with Crippen LogP contribution in [-0.4, -0.2) is 25.7 Å². The Balaban J connectivity index is 2.21. The Morgan fingerprint density at radius 1 is 1.48 bits per heavy atom. The van der Waals surface area contributed by atoms with Crippen molar-refractivity contribution in [2.45, 2.75) is 38.6 Å². The molecule has 114 valence electrons. The lowest BCUT2D eigenvalue weighted by Gasteiger charge is -2.32. The van der Waals surface area contributed by atoms with Crippen LogP contribution in [0.25, 0.3) is 0 Å². The van der Waals surface area contributed by atoms with E-state index in [2.05, 4.69) is 33.1 Å². The average molecular weight is 354 g/mol. The summed E-state index contributed by atoms with van der Waals surface area (Å²) >= 11 is 3.20. The maximum absolute atomic E-state index is 14.5. The van der Waals surface area contributed by atoms with Crippen molar-refractivity contribution in [2.24, 2.45) is 0 Å². The van der Waals surface area contributed by atoms with Gasteiger partial charge in [-0.3, -0.25) is 0 Å². The maximum Gasteiger partial charge on any atom is 0.161 e. The Morgan fingerprint density at radius 2 is 2.29 bits per heavy atom. The largest absolute Gasteiger partial charge is 0.368 e. The number of hydrogen-bond donors (Lipinski definition) is 1. The molecule has 1 aliphatic heterocycles. The first-order valence-corrected chi connectivity index (χ1v) is 8.33. The first kappa shape index (κ1) is 16.3. The van der Waals surface area contributed by atoms with Crippen LogP contribution in [0.15, 0.2) is 16.6 Å². The smallest absolute Gasteiger partial charge is 0.161 e. The van der Waals surface area contributed by atoms with Gasteiger partial charge in [-0.15, -0.1) is 0 Å². The molecule has 0 spiro atoms. The molecule has 2 rings (SSSR count). The molecule has 1 aliphatic rings. The number of nitrogens with zero attached hydrogens (tertiary/aromatic N) is 2. The van der Waals surface area contributed by atoms with Crippen molar-refractivity contribution in [3.05, 3.63) is 28.0 Å². The molecule has 1 unspecified atom stereocenters. The second-order valence-electron chi connectivity index (χ2n) is 5.46. The van der Waals surface area contributed by atoms with Crippen LogP contribution >= 0.6 is 15.9 Å². The monoisotopic (exact) mass is 353 g/mol. The third kappa shape index (κ3) is 3.96. The maximum atomic E-state index is 14.5. The van der Waals surface area contributed by atoms with Gasteiger partial charge in [0.05, 0.1) is 15.7 Å². The van der Waals surface area contributed by atoms with Crippen LogP contribution in [-0.2, 0) is 0 Å². The fourth-order valence-corrected chi connectivity index (χ4v) is 3.22. The average Bonchev–Trinajstić information content (AvgIpc) is 2.51. The fourth-order valence-electron chi connectivity index (χ4n) is 2.80. The van der Waals surface area contributed by atoms with Crippen LogP contribution in [0.1, 0.15) is 38.2 Å². The van der Waals surface area contributed by atoms with Gasteiger partial charge in [0.1, 0.15) is 6.07 Å². The molecule has 0 aliphatic carbocycles. The van der Waals surface area contributed by atoms with Crippen molar-refractivity contribution in [1.82, 2.24) is 5.32 Å². The van der Waals surface area contributed by atoms with Crippen molar-refractivity contribution in [3.63, 3.8) is 0 Å². The minimum absolute atomic E-state index is 0.264. The van der Waals surface area contributed by atoms with Gasteiger partial charge in [-0.2, -0.15) is 5.26 Å². The Hall–Kier alpha value is -1.12. The molecule has 1 heterocycles. The summed E-state index contributed by atoms with van der Waals surface area (Å²) in [6.45, 7) is 4.76. The number of hydrogen-bond acceptors (Lipinski definition) is 3. The summed E-state index contributed by atoms with van der Waals surface area (Å²) in [6.07, 6.45) is 4.56. The van der Waals surface area contributed by atoms with Crippen LogP contribution in [0.4, 0.5) is 10.1 Å². The van der Waals surface area contributed by atoms with E-state index in [0.717, 1.165) is 32.5 Å². The summed E-state index contributed by atoms with van der Waals surface area (Å²) in [6, 6.07) is 5.81. The molecule has 1 aromatic rings. The van der Waals surface area contributed by atoms with Crippen molar-refractivity contribution in [3.8, 4) is 6.07 Å². The zero-order valence-electron chi connectivity index (χ0n) is 12.3. The van der Waals surface area contributed by atoms with Crippen LogP contribution < -0.4 is 10.2 Å². The molecule has 0 radical (unpaired) electrons. The van der Waals surface area contributed by atoms with Gasteiger partial charge >= 0.3 is 0 Å². The summed E-state index contributed by atoms with van der Waals surface area (Å²) in [5, 5.41) is 12.5. The number of halogens is 2. The van der Waals surface area contributed by atoms with Crippen molar-refractivity contribution < 1.29 is 4.39 Å². The highest BCUT2D eigenvalue weighted by molar-refractivity contribution is 9.10. The zero-order chi connectivity index (χ0) is 15.2. The van der Waals surface area contributed by atoms with Gasteiger partial charge in [0.2, 0.25) is 0 Å². The van der Waals surface area contributed by atoms with Crippen LogP contribution in [0.3, 0.4) is 0 Å². The highest BCUT2D eigenvalue weighted by Crippen LogP contribution is 2.29. The van der Waals surface area contributed by atoms with E-state index in [1.54, 1.807) is 12.1 Å². The lowest BCUT2D eigenvalue weighted by atomic mass is 10.0. The Bertz CT molecular complexity index is 521. The third-order valence-electron chi connectivity index (χ3n) is 3.87. The molecule has 0 aromatic heterocycles. The fraction of sp³-hybridized carbons (Fsp3) is 0.562. The number of nitrogens with one attached hydrogen (secondary N) is 1. The molecule has 1 atom stereocenters. The van der Waals surface area contributed by atoms with E-state index in [0.29, 0.717) is 17.3 Å². The minimum atomic E-state index is -0.335. The highest BCUT2D eigenvalue weighted by atomic mass is 79.9. The molecular weight excluding hydrogens is 333 g/mol. The molecule has 21 heavy (non-hydrogen) atoms. The Labute approximate surface area is 134 Å². The van der Waals surface area contributed by atoms with Gasteiger partial charge in [0, 0.05) is 19.1 Å². The lowest BCUT2D eigenvalue weighted by molar-refractivity contribution is 0.398. The van der Waals surface area contributed by atoms with Gasteiger partial charge in [0.15, 0.2) is 5.82 Å². The van der Waals surface area contributed by atoms with E-state index < -0.39 is 0 Å². The predicted molar refractivity (Wildman–Crippen MR) is 87.0 cm³/mol. The quantitative estimate of drug-likeness (QED) is 0.874. The van der Waals surface area contributed by atoms with Gasteiger partial charge in [-0.1, -0.05) is 13.3 Å². The highest BCUT2D eigenvalue weighted by Gasteiger charge is 2.20. The second-order valence-corrected chi connectivity index (χ2v) is 6.26. The Morgan fingerprint density at radius 3 is 2.90 bits per heavy atom. The molecule has 1 aromatic carbocycles. The number of benzene rings is 1. The zero-order valence-corrected chi connectivity index (χ0v) is 13.9. The molecule has 0 bridgehead atoms. The van der Waals surface area contributed by atoms with Crippen LogP contribution in [0.5, 0.6) is 0 Å². The molecule has 1 saturated heterocycles. The van der Waals surface area contributed by atoms with Crippen LogP contribution in [0, 0.1) is 17.1 Å². The molecule has 5 heteroatoms. The number of piperidine rings is 1. The lowest BCUT2D eigenvalue weighted by Crippen LogP contribution is -2.44. The summed E-state index contributed by atoms with van der Waals surface area (Å²) in [5.74, 6) is -0.335. The minimum Gasteiger partial charge on any atom is -0.368 e. The summed E-state index contributed by atoms with van der Waals surface area (Å²) in [5.41, 5.74) is 0.915. The van der Waals surface area contributed by atoms with Gasteiger partial charge in [-0.25, -0.2) is 4.39 Å². The van der Waals surface area contributed by atoms with Crippen molar-refractivity contribution in [1.29, 1.82) is 5.26 Å². The normalized spacial score (nSPS) is 18.3. The third-order valence-corrected chi connectivity index (χ3v) is 4.65. The summed E-state index contributed by atoms with van der Waals surface area (Å²) in [4.78, 5) is 2.09. The number of rotatable bonds is 5. The standard InChI is InChI=1S/C16H21BrFN3/c1-2-9-21(11-13-5-3-4-8-20-13)14-7-6-12(10-19)15(17)16(14)18/h6-7,13,20H,2-5,8-9,11H2,1H3. The molecular formula is C16H21BrFN3. The van der Waals surface area contributed by atoms with Gasteiger partial charge < -0.3 is 10.2 Å². The molecule has 1 N–H and O–H groups in total. The van der Waals surface area contributed by atoms with E-state index in [9.17, 15) is 4.39 Å². The first-order chi connectivity index (χ1) is 10.2. The van der Waals surface area contributed by atoms with Crippen molar-refractivity contribution >= 4 is 21.6 Å². The topological polar surface area (TPSA) is 39.1 Å². The van der Waals surface area contributed by atoms with Gasteiger partial charge in [-0.05, 0) is 53.9 Å². The predicted octanol–water partition coefficient (Wildman–Crippen LogP) is 3.82. The van der Waals surface area contributed by atoms with E-state index in [4.69, 9.17) is 5.26 Å². The molecule has 1 fully saturated rings. The first-order valence-electron chi connectivity index (χ1n) is 7.53. The molecule has 0 amide bonds. The van der Waals surface area contributed by atoms with E-state index in [1.165, 1.54) is 12.8 Å². The van der Waals surface area contributed by atoms with E-state index in [1.807, 2.05) is 6.07 Å². The summed E-state index contributed by atoms with van der Waals surface area (Å²) in [7, 11) is 0. The van der Waals surface area contributed by atoms with Crippen LogP contribution in [0.2, 0.25) is 0 Å². The second kappa shape index (κ2) is 7.77. The van der Waals surface area contributed by atoms with Gasteiger partial charge in [0.25, 0.3) is 0 Å². The summed E-state index contributed by atoms with van der Waals surface area (Å²) < 4.78 is 14.8.